The van der Waals surface area contributed by atoms with Crippen molar-refractivity contribution < 1.29 is 9.53 Å². The molecule has 1 saturated heterocycles. The van der Waals surface area contributed by atoms with Gasteiger partial charge in [0.25, 0.3) is 0 Å². The van der Waals surface area contributed by atoms with Gasteiger partial charge in [0.1, 0.15) is 6.61 Å². The van der Waals surface area contributed by atoms with Gasteiger partial charge in [0.05, 0.1) is 5.41 Å². The zero-order valence-electron chi connectivity index (χ0n) is 9.67. The van der Waals surface area contributed by atoms with Gasteiger partial charge in [-0.15, -0.1) is 0 Å². The van der Waals surface area contributed by atoms with Crippen LogP contribution in [0.15, 0.2) is 0 Å². The van der Waals surface area contributed by atoms with E-state index in [4.69, 9.17) is 4.74 Å². The van der Waals surface area contributed by atoms with E-state index in [9.17, 15) is 4.79 Å². The highest BCUT2D eigenvalue weighted by atomic mass is 16.5. The molecule has 0 aliphatic carbocycles. The third kappa shape index (κ3) is 2.98. The first-order chi connectivity index (χ1) is 6.41. The lowest BCUT2D eigenvalue weighted by Gasteiger charge is -2.22. The van der Waals surface area contributed by atoms with Crippen LogP contribution in [0.4, 0.5) is 0 Å². The van der Waals surface area contributed by atoms with Crippen LogP contribution in [0.3, 0.4) is 0 Å². The molecule has 0 N–H and O–H groups in total. The van der Waals surface area contributed by atoms with Crippen molar-refractivity contribution in [2.75, 3.05) is 20.2 Å². The Morgan fingerprint density at radius 3 is 2.57 bits per heavy atom. The van der Waals surface area contributed by atoms with Crippen molar-refractivity contribution in [2.24, 2.45) is 5.41 Å². The van der Waals surface area contributed by atoms with E-state index in [0.717, 1.165) is 13.0 Å². The zero-order chi connectivity index (χ0) is 10.8. The average molecular weight is 199 g/mol. The lowest BCUT2D eigenvalue weighted by atomic mass is 9.97. The highest BCUT2D eigenvalue weighted by Gasteiger charge is 2.26. The SMILES string of the molecule is CN1CCC[C@@H]1COC(=O)C(C)(C)C. The first kappa shape index (κ1) is 11.5. The summed E-state index contributed by atoms with van der Waals surface area (Å²) in [6.07, 6.45) is 2.36. The monoisotopic (exact) mass is 199 g/mol. The number of carbonyl (C=O) groups is 1. The highest BCUT2D eigenvalue weighted by Crippen LogP contribution is 2.18. The molecule has 1 rings (SSSR count). The maximum absolute atomic E-state index is 11.5. The molecule has 0 spiro atoms. The summed E-state index contributed by atoms with van der Waals surface area (Å²) in [4.78, 5) is 13.7. The smallest absolute Gasteiger partial charge is 0.311 e. The van der Waals surface area contributed by atoms with Crippen LogP contribution < -0.4 is 0 Å². The predicted molar refractivity (Wildman–Crippen MR) is 56.1 cm³/mol. The Labute approximate surface area is 86.4 Å². The first-order valence-corrected chi connectivity index (χ1v) is 5.29. The van der Waals surface area contributed by atoms with Crippen LogP contribution in [0.2, 0.25) is 0 Å². The molecule has 3 heteroatoms. The summed E-state index contributed by atoms with van der Waals surface area (Å²) in [5, 5.41) is 0. The van der Waals surface area contributed by atoms with E-state index in [-0.39, 0.29) is 11.4 Å². The molecular formula is C11H21NO2. The van der Waals surface area contributed by atoms with Crippen molar-refractivity contribution >= 4 is 5.97 Å². The van der Waals surface area contributed by atoms with Crippen LogP contribution in [-0.2, 0) is 9.53 Å². The average Bonchev–Trinajstić information content (AvgIpc) is 2.45. The fourth-order valence-electron chi connectivity index (χ4n) is 1.58. The number of esters is 1. The lowest BCUT2D eigenvalue weighted by Crippen LogP contribution is -2.33. The summed E-state index contributed by atoms with van der Waals surface area (Å²) in [7, 11) is 2.09. The minimum absolute atomic E-state index is 0.0993. The quantitative estimate of drug-likeness (QED) is 0.634. The van der Waals surface area contributed by atoms with Gasteiger partial charge in [-0.2, -0.15) is 0 Å². The third-order valence-electron chi connectivity index (χ3n) is 2.69. The lowest BCUT2D eigenvalue weighted by molar-refractivity contribution is -0.154. The summed E-state index contributed by atoms with van der Waals surface area (Å²) in [6.45, 7) is 7.32. The minimum Gasteiger partial charge on any atom is -0.464 e. The van der Waals surface area contributed by atoms with Crippen LogP contribution in [0.25, 0.3) is 0 Å². The summed E-state index contributed by atoms with van der Waals surface area (Å²) in [5.41, 5.74) is -0.378. The van der Waals surface area contributed by atoms with Gasteiger partial charge in [-0.1, -0.05) is 0 Å². The Morgan fingerprint density at radius 2 is 2.14 bits per heavy atom. The Bertz CT molecular complexity index is 208. The van der Waals surface area contributed by atoms with Gasteiger partial charge in [0, 0.05) is 6.04 Å². The number of likely N-dealkylation sites (N-methyl/N-ethyl adjacent to an activating group) is 1. The van der Waals surface area contributed by atoms with Gasteiger partial charge >= 0.3 is 5.97 Å². The highest BCUT2D eigenvalue weighted by molar-refractivity contribution is 5.75. The Balaban J connectivity index is 2.30. The minimum atomic E-state index is -0.378. The fraction of sp³-hybridized carbons (Fsp3) is 0.909. The molecule has 14 heavy (non-hydrogen) atoms. The molecule has 0 aromatic heterocycles. The van der Waals surface area contributed by atoms with Gasteiger partial charge in [-0.3, -0.25) is 4.79 Å². The van der Waals surface area contributed by atoms with E-state index in [0.29, 0.717) is 12.6 Å². The van der Waals surface area contributed by atoms with Crippen molar-refractivity contribution in [2.45, 2.75) is 39.7 Å². The van der Waals surface area contributed by atoms with Crippen LogP contribution in [0.1, 0.15) is 33.6 Å². The number of carbonyl (C=O) groups excluding carboxylic acids is 1. The standard InChI is InChI=1S/C11H21NO2/c1-11(2,3)10(13)14-8-9-6-5-7-12(9)4/h9H,5-8H2,1-4H3/t9-/m1/s1. The summed E-state index contributed by atoms with van der Waals surface area (Å²) in [6, 6.07) is 0.432. The molecule has 0 amide bonds. The number of likely N-dealkylation sites (tertiary alicyclic amines) is 1. The normalized spacial score (nSPS) is 23.9. The first-order valence-electron chi connectivity index (χ1n) is 5.29. The second-order valence-electron chi connectivity index (χ2n) is 5.13. The predicted octanol–water partition coefficient (Wildman–Crippen LogP) is 1.67. The van der Waals surface area contributed by atoms with Crippen LogP contribution in [-0.4, -0.2) is 37.1 Å². The molecule has 0 aromatic carbocycles. The molecule has 0 unspecified atom stereocenters. The van der Waals surface area contributed by atoms with E-state index in [1.165, 1.54) is 6.42 Å². The van der Waals surface area contributed by atoms with Gasteiger partial charge in [-0.05, 0) is 47.2 Å². The molecule has 1 heterocycles. The van der Waals surface area contributed by atoms with E-state index in [2.05, 4.69) is 11.9 Å². The fourth-order valence-corrected chi connectivity index (χ4v) is 1.58. The van der Waals surface area contributed by atoms with E-state index >= 15 is 0 Å². The van der Waals surface area contributed by atoms with Crippen LogP contribution in [0.5, 0.6) is 0 Å². The number of hydrogen-bond acceptors (Lipinski definition) is 3. The van der Waals surface area contributed by atoms with Crippen LogP contribution >= 0.6 is 0 Å². The van der Waals surface area contributed by atoms with Gasteiger partial charge in [0.2, 0.25) is 0 Å². The van der Waals surface area contributed by atoms with E-state index < -0.39 is 0 Å². The summed E-state index contributed by atoms with van der Waals surface area (Å²) >= 11 is 0. The van der Waals surface area contributed by atoms with Crippen molar-refractivity contribution in [3.05, 3.63) is 0 Å². The Hall–Kier alpha value is -0.570. The Morgan fingerprint density at radius 1 is 1.50 bits per heavy atom. The van der Waals surface area contributed by atoms with Crippen molar-refractivity contribution in [1.29, 1.82) is 0 Å². The molecule has 0 aromatic rings. The topological polar surface area (TPSA) is 29.5 Å². The van der Waals surface area contributed by atoms with Gasteiger partial charge < -0.3 is 9.64 Å². The third-order valence-corrected chi connectivity index (χ3v) is 2.69. The van der Waals surface area contributed by atoms with E-state index in [1.54, 1.807) is 0 Å². The molecule has 82 valence electrons. The Kier molecular flexibility index (Phi) is 3.53. The molecule has 1 fully saturated rings. The molecule has 0 saturated carbocycles. The van der Waals surface area contributed by atoms with Crippen molar-refractivity contribution in [3.63, 3.8) is 0 Å². The molecule has 1 aliphatic heterocycles. The molecule has 1 atom stereocenters. The largest absolute Gasteiger partial charge is 0.464 e. The second kappa shape index (κ2) is 4.30. The van der Waals surface area contributed by atoms with Crippen LogP contribution in [0, 0.1) is 5.41 Å². The van der Waals surface area contributed by atoms with Crippen molar-refractivity contribution in [3.8, 4) is 0 Å². The molecule has 0 radical (unpaired) electrons. The number of rotatable bonds is 2. The number of hydrogen-bond donors (Lipinski definition) is 0. The van der Waals surface area contributed by atoms with Crippen molar-refractivity contribution in [1.82, 2.24) is 4.90 Å². The number of nitrogens with zero attached hydrogens (tertiary/aromatic N) is 1. The molecule has 0 bridgehead atoms. The number of ether oxygens (including phenoxy) is 1. The molecule has 1 aliphatic rings. The van der Waals surface area contributed by atoms with Gasteiger partial charge in [-0.25, -0.2) is 0 Å². The molecule has 3 nitrogen and oxygen atoms in total. The molecular weight excluding hydrogens is 178 g/mol. The van der Waals surface area contributed by atoms with Gasteiger partial charge in [0.15, 0.2) is 0 Å². The summed E-state index contributed by atoms with van der Waals surface area (Å²) < 4.78 is 5.28. The van der Waals surface area contributed by atoms with E-state index in [1.807, 2.05) is 20.8 Å². The maximum Gasteiger partial charge on any atom is 0.311 e. The summed E-state index contributed by atoms with van der Waals surface area (Å²) in [5.74, 6) is -0.0993. The second-order valence-corrected chi connectivity index (χ2v) is 5.13. The maximum atomic E-state index is 11.5. The zero-order valence-corrected chi connectivity index (χ0v) is 9.67.